The van der Waals surface area contributed by atoms with Crippen molar-refractivity contribution in [3.05, 3.63) is 64.1 Å². The molecule has 0 saturated heterocycles. The maximum absolute atomic E-state index is 12.4. The van der Waals surface area contributed by atoms with Crippen molar-refractivity contribution in [1.82, 2.24) is 10.1 Å². The van der Waals surface area contributed by atoms with Crippen LogP contribution in [0, 0.1) is 6.92 Å². The maximum atomic E-state index is 12.4. The van der Waals surface area contributed by atoms with E-state index in [-0.39, 0.29) is 5.69 Å². The summed E-state index contributed by atoms with van der Waals surface area (Å²) in [5.41, 5.74) is 1.20. The third-order valence-electron chi connectivity index (χ3n) is 3.09. The van der Waals surface area contributed by atoms with Gasteiger partial charge in [-0.25, -0.2) is 0 Å². The van der Waals surface area contributed by atoms with Crippen LogP contribution in [0.3, 0.4) is 0 Å². The molecule has 3 rings (SSSR count). The largest absolute Gasteiger partial charge is 0.360 e. The van der Waals surface area contributed by atoms with E-state index in [0.29, 0.717) is 33.0 Å². The third-order valence-corrected chi connectivity index (χ3v) is 3.72. The number of carbonyl (C=O) groups excluding carboxylic acids is 1. The van der Waals surface area contributed by atoms with Crippen LogP contribution in [0.4, 0.5) is 17.2 Å². The Morgan fingerprint density at radius 3 is 2.58 bits per heavy atom. The molecule has 8 heteroatoms. The second kappa shape index (κ2) is 6.90. The fourth-order valence-electron chi connectivity index (χ4n) is 2.00. The predicted molar refractivity (Wildman–Crippen MR) is 93.2 cm³/mol. The molecule has 0 radical (unpaired) electrons. The van der Waals surface area contributed by atoms with Crippen LogP contribution in [0.5, 0.6) is 0 Å². The van der Waals surface area contributed by atoms with Crippen molar-refractivity contribution in [2.75, 3.05) is 10.6 Å². The van der Waals surface area contributed by atoms with E-state index in [1.54, 1.807) is 43.3 Å². The lowest BCUT2D eigenvalue weighted by atomic mass is 10.2. The standard InChI is InChI=1S/C16H12Cl2N4O2/c1-9-7-14(22-24-9)20-10-5-6-19-13(8-10)16(23)21-15-11(17)3-2-4-12(15)18/h2-8H,1H3,(H,21,23)(H,19,20,22). The SMILES string of the molecule is Cc1cc(Nc2ccnc(C(=O)Nc3c(Cl)cccc3Cl)c2)no1. The molecular weight excluding hydrogens is 351 g/mol. The number of carbonyl (C=O) groups is 1. The van der Waals surface area contributed by atoms with Crippen LogP contribution in [0.1, 0.15) is 16.2 Å². The van der Waals surface area contributed by atoms with Gasteiger partial charge in [-0.3, -0.25) is 9.78 Å². The number of nitrogens with zero attached hydrogens (tertiary/aromatic N) is 2. The molecule has 3 aromatic rings. The van der Waals surface area contributed by atoms with Gasteiger partial charge in [-0.1, -0.05) is 34.4 Å². The molecular formula is C16H12Cl2N4O2. The normalized spacial score (nSPS) is 10.5. The summed E-state index contributed by atoms with van der Waals surface area (Å²) in [6.45, 7) is 1.79. The first-order chi connectivity index (χ1) is 11.5. The molecule has 2 aromatic heterocycles. The number of para-hydroxylation sites is 1. The number of hydrogen-bond acceptors (Lipinski definition) is 5. The molecule has 2 heterocycles. The molecule has 0 atom stereocenters. The minimum Gasteiger partial charge on any atom is -0.360 e. The zero-order chi connectivity index (χ0) is 17.1. The Balaban J connectivity index is 1.79. The number of anilines is 3. The summed E-state index contributed by atoms with van der Waals surface area (Å²) in [5.74, 6) is 0.794. The predicted octanol–water partition coefficient (Wildman–Crippen LogP) is 4.68. The van der Waals surface area contributed by atoms with Crippen molar-refractivity contribution >= 4 is 46.3 Å². The highest BCUT2D eigenvalue weighted by atomic mass is 35.5. The molecule has 2 N–H and O–H groups in total. The van der Waals surface area contributed by atoms with E-state index < -0.39 is 5.91 Å². The first kappa shape index (κ1) is 16.3. The van der Waals surface area contributed by atoms with E-state index in [1.807, 2.05) is 0 Å². The Morgan fingerprint density at radius 2 is 1.92 bits per heavy atom. The van der Waals surface area contributed by atoms with Crippen LogP contribution in [0.2, 0.25) is 10.0 Å². The van der Waals surface area contributed by atoms with E-state index in [4.69, 9.17) is 27.7 Å². The van der Waals surface area contributed by atoms with E-state index in [0.717, 1.165) is 0 Å². The van der Waals surface area contributed by atoms with Crippen LogP contribution in [-0.2, 0) is 0 Å². The summed E-state index contributed by atoms with van der Waals surface area (Å²) in [4.78, 5) is 16.4. The van der Waals surface area contributed by atoms with Crippen LogP contribution < -0.4 is 10.6 Å². The molecule has 0 bridgehead atoms. The lowest BCUT2D eigenvalue weighted by Crippen LogP contribution is -2.14. The van der Waals surface area contributed by atoms with Gasteiger partial charge in [0.15, 0.2) is 5.82 Å². The fraction of sp³-hybridized carbons (Fsp3) is 0.0625. The molecule has 0 aliphatic heterocycles. The average Bonchev–Trinajstić information content (AvgIpc) is 2.96. The highest BCUT2D eigenvalue weighted by Crippen LogP contribution is 2.30. The van der Waals surface area contributed by atoms with Crippen LogP contribution in [0.25, 0.3) is 0 Å². The second-order valence-corrected chi connectivity index (χ2v) is 5.74. The highest BCUT2D eigenvalue weighted by molar-refractivity contribution is 6.40. The average molecular weight is 363 g/mol. The Bertz CT molecular complexity index is 875. The van der Waals surface area contributed by atoms with Crippen LogP contribution >= 0.6 is 23.2 Å². The molecule has 0 unspecified atom stereocenters. The molecule has 122 valence electrons. The molecule has 0 aliphatic carbocycles. The van der Waals surface area contributed by atoms with Gasteiger partial charge in [-0.2, -0.15) is 0 Å². The summed E-state index contributed by atoms with van der Waals surface area (Å²) in [5, 5.41) is 10.2. The summed E-state index contributed by atoms with van der Waals surface area (Å²) < 4.78 is 4.98. The maximum Gasteiger partial charge on any atom is 0.274 e. The summed E-state index contributed by atoms with van der Waals surface area (Å²) in [7, 11) is 0. The van der Waals surface area contributed by atoms with Gasteiger partial charge < -0.3 is 15.2 Å². The Morgan fingerprint density at radius 1 is 1.17 bits per heavy atom. The van der Waals surface area contributed by atoms with Gasteiger partial charge in [-0.15, -0.1) is 0 Å². The van der Waals surface area contributed by atoms with Gasteiger partial charge in [0.05, 0.1) is 15.7 Å². The molecule has 6 nitrogen and oxygen atoms in total. The topological polar surface area (TPSA) is 80.0 Å². The number of hydrogen-bond donors (Lipinski definition) is 2. The van der Waals surface area contributed by atoms with Crippen molar-refractivity contribution in [3.8, 4) is 0 Å². The number of pyridine rings is 1. The molecule has 24 heavy (non-hydrogen) atoms. The fourth-order valence-corrected chi connectivity index (χ4v) is 2.49. The summed E-state index contributed by atoms with van der Waals surface area (Å²) in [6, 6.07) is 10.0. The Labute approximate surface area is 147 Å². The van der Waals surface area contributed by atoms with E-state index in [9.17, 15) is 4.79 Å². The van der Waals surface area contributed by atoms with Gasteiger partial charge >= 0.3 is 0 Å². The second-order valence-electron chi connectivity index (χ2n) is 4.93. The number of amides is 1. The first-order valence-electron chi connectivity index (χ1n) is 6.94. The number of halogens is 2. The van der Waals surface area contributed by atoms with Crippen molar-refractivity contribution in [3.63, 3.8) is 0 Å². The number of nitrogens with one attached hydrogen (secondary N) is 2. The lowest BCUT2D eigenvalue weighted by Gasteiger charge is -2.09. The van der Waals surface area contributed by atoms with Gasteiger partial charge in [0.2, 0.25) is 0 Å². The Hall–Kier alpha value is -2.57. The van der Waals surface area contributed by atoms with E-state index >= 15 is 0 Å². The third kappa shape index (κ3) is 3.67. The quantitative estimate of drug-likeness (QED) is 0.704. The monoisotopic (exact) mass is 362 g/mol. The summed E-state index contributed by atoms with van der Waals surface area (Å²) in [6.07, 6.45) is 1.51. The smallest absolute Gasteiger partial charge is 0.274 e. The summed E-state index contributed by atoms with van der Waals surface area (Å²) >= 11 is 12.1. The van der Waals surface area contributed by atoms with Gasteiger partial charge in [0.1, 0.15) is 11.5 Å². The zero-order valence-electron chi connectivity index (χ0n) is 12.5. The molecule has 1 aromatic carbocycles. The van der Waals surface area contributed by atoms with Crippen LogP contribution in [-0.4, -0.2) is 16.0 Å². The molecule has 1 amide bonds. The van der Waals surface area contributed by atoms with Gasteiger partial charge in [0, 0.05) is 18.0 Å². The minimum absolute atomic E-state index is 0.205. The molecule has 0 saturated carbocycles. The number of rotatable bonds is 4. The van der Waals surface area contributed by atoms with Crippen molar-refractivity contribution in [2.24, 2.45) is 0 Å². The molecule has 0 fully saturated rings. The number of aromatic nitrogens is 2. The van der Waals surface area contributed by atoms with Crippen molar-refractivity contribution < 1.29 is 9.32 Å². The van der Waals surface area contributed by atoms with Crippen molar-refractivity contribution in [1.29, 1.82) is 0 Å². The Kier molecular flexibility index (Phi) is 4.69. The molecule has 0 spiro atoms. The minimum atomic E-state index is -0.426. The molecule has 0 aliphatic rings. The highest BCUT2D eigenvalue weighted by Gasteiger charge is 2.13. The van der Waals surface area contributed by atoms with E-state index in [2.05, 4.69) is 20.8 Å². The van der Waals surface area contributed by atoms with Crippen LogP contribution in [0.15, 0.2) is 47.1 Å². The van der Waals surface area contributed by atoms with Gasteiger partial charge in [0.25, 0.3) is 5.91 Å². The number of aryl methyl sites for hydroxylation is 1. The zero-order valence-corrected chi connectivity index (χ0v) is 14.0. The van der Waals surface area contributed by atoms with Gasteiger partial charge in [-0.05, 0) is 31.2 Å². The van der Waals surface area contributed by atoms with Crippen molar-refractivity contribution in [2.45, 2.75) is 6.92 Å². The number of benzene rings is 1. The van der Waals surface area contributed by atoms with E-state index in [1.165, 1.54) is 6.20 Å². The first-order valence-corrected chi connectivity index (χ1v) is 7.70. The lowest BCUT2D eigenvalue weighted by molar-refractivity contribution is 0.102.